The number of hydrogen-bond donors (Lipinski definition) is 8. The van der Waals surface area contributed by atoms with Crippen LogP contribution in [0, 0.1) is 45.3 Å². The average Bonchev–Trinajstić information content (AvgIpc) is 3.49. The summed E-state index contributed by atoms with van der Waals surface area (Å²) < 4.78 is 24.4. The normalized spacial score (nSPS) is 51.5. The summed E-state index contributed by atoms with van der Waals surface area (Å²) in [6.45, 7) is 19.4. The standard InChI is InChI=1S/C42H70O12/c1-21(2)10-9-11-22(3)23-12-16-42(8)30(23)24(45)18-28-40(6)15-14-29(39(4,5)27(40)13-17-41(28,42)7)53-38-36(34(49)32(47)26(20-44)52-38)54-37-35(50)33(48)31(46)25(19-43)51-37/h10,23-38,43-50H,3,9,11-20H2,1-2,4-8H3/t23-,24-,25-,26-,27+,28-,29+,30?,31-,32-,33+,34+,35-,36-,37+,38+,40+,41-,42-/m1/s1. The van der Waals surface area contributed by atoms with E-state index < -0.39 is 86.1 Å². The summed E-state index contributed by atoms with van der Waals surface area (Å²) in [6, 6.07) is 0. The van der Waals surface area contributed by atoms with Gasteiger partial charge in [-0.05, 0) is 117 Å². The van der Waals surface area contributed by atoms with Crippen molar-refractivity contribution in [3.8, 4) is 0 Å². The topological polar surface area (TPSA) is 199 Å². The molecule has 19 atom stereocenters. The highest BCUT2D eigenvalue weighted by Gasteiger charge is 2.70. The maximum Gasteiger partial charge on any atom is 0.187 e. The molecule has 6 fully saturated rings. The van der Waals surface area contributed by atoms with Crippen molar-refractivity contribution in [2.75, 3.05) is 13.2 Å². The van der Waals surface area contributed by atoms with Crippen LogP contribution < -0.4 is 0 Å². The Morgan fingerprint density at radius 2 is 1.33 bits per heavy atom. The van der Waals surface area contributed by atoms with Gasteiger partial charge in [-0.25, -0.2) is 0 Å². The van der Waals surface area contributed by atoms with Gasteiger partial charge in [0.1, 0.15) is 48.8 Å². The van der Waals surface area contributed by atoms with E-state index in [1.165, 1.54) is 11.1 Å². The van der Waals surface area contributed by atoms with Crippen molar-refractivity contribution in [3.05, 3.63) is 23.8 Å². The van der Waals surface area contributed by atoms with Crippen LogP contribution >= 0.6 is 0 Å². The molecule has 54 heavy (non-hydrogen) atoms. The third-order valence-electron chi connectivity index (χ3n) is 16.1. The second-order valence-electron chi connectivity index (χ2n) is 19.4. The number of aliphatic hydroxyl groups excluding tert-OH is 8. The molecule has 8 N–H and O–H groups in total. The highest BCUT2D eigenvalue weighted by atomic mass is 16.8. The number of fused-ring (bicyclic) bond motifs is 5. The lowest BCUT2D eigenvalue weighted by molar-refractivity contribution is -0.378. The third-order valence-corrected chi connectivity index (χ3v) is 16.1. The van der Waals surface area contributed by atoms with Crippen LogP contribution in [0.15, 0.2) is 23.8 Å². The molecule has 6 aliphatic rings. The summed E-state index contributed by atoms with van der Waals surface area (Å²) in [5.74, 6) is 1.03. The Labute approximate surface area is 321 Å². The molecule has 2 aliphatic heterocycles. The minimum absolute atomic E-state index is 0.0217. The molecule has 4 aliphatic carbocycles. The summed E-state index contributed by atoms with van der Waals surface area (Å²) >= 11 is 0. The van der Waals surface area contributed by atoms with Crippen molar-refractivity contribution in [3.63, 3.8) is 0 Å². The van der Waals surface area contributed by atoms with Gasteiger partial charge in [0.05, 0.1) is 25.4 Å². The molecule has 6 rings (SSSR count). The fourth-order valence-corrected chi connectivity index (χ4v) is 13.0. The molecular weight excluding hydrogens is 696 g/mol. The van der Waals surface area contributed by atoms with Crippen molar-refractivity contribution in [1.82, 2.24) is 0 Å². The molecule has 0 amide bonds. The van der Waals surface area contributed by atoms with E-state index in [1.807, 2.05) is 0 Å². The van der Waals surface area contributed by atoms with Crippen molar-refractivity contribution in [2.45, 2.75) is 180 Å². The van der Waals surface area contributed by atoms with Crippen LogP contribution in [0.4, 0.5) is 0 Å². The third kappa shape index (κ3) is 6.89. The summed E-state index contributed by atoms with van der Waals surface area (Å²) in [6.07, 6.45) is -5.12. The van der Waals surface area contributed by atoms with Gasteiger partial charge in [-0.3, -0.25) is 0 Å². The van der Waals surface area contributed by atoms with E-state index in [2.05, 4.69) is 61.1 Å². The van der Waals surface area contributed by atoms with Crippen LogP contribution in [0.25, 0.3) is 0 Å². The van der Waals surface area contributed by atoms with Gasteiger partial charge in [0.15, 0.2) is 12.6 Å². The molecule has 1 unspecified atom stereocenters. The SMILES string of the molecule is C=C(CCC=C(C)C)[C@H]1CC[C@]2(C)C1[C@H](O)C[C@@H]1[C@@]3(C)CC[C@H](O[C@@H]4O[C@H](CO)[C@@H](O)[C@H](O)[C@H]4O[C@@H]4O[C@H](CO)[C@@H](O)[C@H](O)[C@H]4O)C(C)(C)[C@@H]3CC[C@]12C. The first kappa shape index (κ1) is 42.6. The number of aliphatic hydroxyl groups is 8. The lowest BCUT2D eigenvalue weighted by Crippen LogP contribution is -2.67. The van der Waals surface area contributed by atoms with Gasteiger partial charge < -0.3 is 59.8 Å². The molecule has 12 nitrogen and oxygen atoms in total. The number of ether oxygens (including phenoxy) is 4. The van der Waals surface area contributed by atoms with Crippen LogP contribution in [0.1, 0.15) is 106 Å². The van der Waals surface area contributed by atoms with E-state index in [1.54, 1.807) is 0 Å². The first-order valence-corrected chi connectivity index (χ1v) is 20.5. The molecule has 0 radical (unpaired) electrons. The summed E-state index contributed by atoms with van der Waals surface area (Å²) in [4.78, 5) is 0. The minimum Gasteiger partial charge on any atom is -0.394 e. The zero-order valence-corrected chi connectivity index (χ0v) is 33.5. The highest BCUT2D eigenvalue weighted by Crippen LogP contribution is 2.75. The van der Waals surface area contributed by atoms with Gasteiger partial charge >= 0.3 is 0 Å². The Hall–Kier alpha value is -1.00. The molecule has 12 heteroatoms. The van der Waals surface area contributed by atoms with Gasteiger partial charge in [-0.15, -0.1) is 0 Å². The second-order valence-corrected chi connectivity index (χ2v) is 19.4. The summed E-state index contributed by atoms with van der Waals surface area (Å²) in [5, 5.41) is 85.4. The van der Waals surface area contributed by atoms with E-state index in [0.29, 0.717) is 18.3 Å². The molecule has 4 saturated carbocycles. The van der Waals surface area contributed by atoms with Gasteiger partial charge in [0.2, 0.25) is 0 Å². The van der Waals surface area contributed by atoms with Gasteiger partial charge in [0, 0.05) is 0 Å². The largest absolute Gasteiger partial charge is 0.394 e. The lowest BCUT2D eigenvalue weighted by atomic mass is 9.35. The number of hydrogen-bond acceptors (Lipinski definition) is 12. The highest BCUT2D eigenvalue weighted by molar-refractivity contribution is 5.22. The molecule has 310 valence electrons. The predicted octanol–water partition coefficient (Wildman–Crippen LogP) is 2.95. The van der Waals surface area contributed by atoms with Crippen LogP contribution in [0.2, 0.25) is 0 Å². The Bertz CT molecular complexity index is 1370. The van der Waals surface area contributed by atoms with Crippen LogP contribution in [0.3, 0.4) is 0 Å². The van der Waals surface area contributed by atoms with Crippen LogP contribution in [-0.4, -0.2) is 128 Å². The molecule has 0 aromatic carbocycles. The van der Waals surface area contributed by atoms with E-state index >= 15 is 0 Å². The van der Waals surface area contributed by atoms with Crippen molar-refractivity contribution >= 4 is 0 Å². The van der Waals surface area contributed by atoms with Crippen LogP contribution in [-0.2, 0) is 18.9 Å². The van der Waals surface area contributed by atoms with Gasteiger partial charge in [0.25, 0.3) is 0 Å². The summed E-state index contributed by atoms with van der Waals surface area (Å²) in [7, 11) is 0. The first-order valence-electron chi connectivity index (χ1n) is 20.5. The molecule has 2 saturated heterocycles. The second kappa shape index (κ2) is 15.6. The molecule has 0 spiro atoms. The molecular formula is C42H70O12. The fourth-order valence-electron chi connectivity index (χ4n) is 13.0. The minimum atomic E-state index is -1.74. The Balaban J connectivity index is 1.22. The maximum atomic E-state index is 12.1. The number of rotatable bonds is 10. The summed E-state index contributed by atoms with van der Waals surface area (Å²) in [5.41, 5.74) is 2.12. The Morgan fingerprint density at radius 1 is 0.722 bits per heavy atom. The first-order chi connectivity index (χ1) is 25.3. The van der Waals surface area contributed by atoms with E-state index in [0.717, 1.165) is 51.4 Å². The molecule has 2 heterocycles. The lowest BCUT2D eigenvalue weighted by Gasteiger charge is -2.70. The van der Waals surface area contributed by atoms with Crippen molar-refractivity contribution in [1.29, 1.82) is 0 Å². The smallest absolute Gasteiger partial charge is 0.187 e. The van der Waals surface area contributed by atoms with Gasteiger partial charge in [-0.1, -0.05) is 58.4 Å². The zero-order chi connectivity index (χ0) is 39.7. The van der Waals surface area contributed by atoms with Crippen LogP contribution in [0.5, 0.6) is 0 Å². The molecule has 0 bridgehead atoms. The fraction of sp³-hybridized carbons (Fsp3) is 0.905. The average molecular weight is 767 g/mol. The molecule has 0 aromatic rings. The van der Waals surface area contributed by atoms with E-state index in [4.69, 9.17) is 18.9 Å². The Kier molecular flexibility index (Phi) is 12.3. The predicted molar refractivity (Wildman–Crippen MR) is 199 cm³/mol. The number of allylic oxidation sites excluding steroid dienone is 3. The zero-order valence-electron chi connectivity index (χ0n) is 33.5. The van der Waals surface area contributed by atoms with Crippen molar-refractivity contribution < 1.29 is 59.8 Å². The van der Waals surface area contributed by atoms with E-state index in [9.17, 15) is 40.9 Å². The monoisotopic (exact) mass is 766 g/mol. The van der Waals surface area contributed by atoms with Crippen molar-refractivity contribution in [2.24, 2.45) is 45.3 Å². The van der Waals surface area contributed by atoms with E-state index in [-0.39, 0.29) is 34.2 Å². The Morgan fingerprint density at radius 3 is 1.96 bits per heavy atom. The molecule has 0 aromatic heterocycles. The quantitative estimate of drug-likeness (QED) is 0.120. The van der Waals surface area contributed by atoms with Gasteiger partial charge in [-0.2, -0.15) is 0 Å². The maximum absolute atomic E-state index is 12.1.